The van der Waals surface area contributed by atoms with Crippen molar-refractivity contribution in [2.45, 2.75) is 6.92 Å². The van der Waals surface area contributed by atoms with Crippen LogP contribution in [-0.2, 0) is 0 Å². The molecule has 6 heteroatoms. The molecule has 2 aromatic rings. The molecule has 0 aliphatic heterocycles. The molecular formula is C7H5N3O2Se. The van der Waals surface area contributed by atoms with Gasteiger partial charge in [-0.3, -0.25) is 0 Å². The molecule has 0 aliphatic rings. The van der Waals surface area contributed by atoms with Crippen molar-refractivity contribution < 1.29 is 4.92 Å². The van der Waals surface area contributed by atoms with E-state index >= 15 is 0 Å². The van der Waals surface area contributed by atoms with Gasteiger partial charge in [-0.15, -0.1) is 0 Å². The average molecular weight is 242 g/mol. The molecule has 0 saturated heterocycles. The van der Waals surface area contributed by atoms with Gasteiger partial charge in [-0.25, -0.2) is 0 Å². The zero-order chi connectivity index (χ0) is 9.42. The Bertz CT molecular complexity index is 480. The van der Waals surface area contributed by atoms with E-state index < -0.39 is 4.92 Å². The van der Waals surface area contributed by atoms with E-state index in [4.69, 9.17) is 0 Å². The first-order valence-corrected chi connectivity index (χ1v) is 5.09. The van der Waals surface area contributed by atoms with E-state index in [0.29, 0.717) is 16.6 Å². The molecule has 0 unspecified atom stereocenters. The molecule has 0 amide bonds. The van der Waals surface area contributed by atoms with E-state index in [1.54, 1.807) is 19.1 Å². The molecule has 0 bridgehead atoms. The topological polar surface area (TPSA) is 68.9 Å². The Labute approximate surface area is 79.8 Å². The first kappa shape index (κ1) is 8.34. The standard InChI is InChI=1S/C7H5N3O2Se/c1-4-2-3-5-6(9-13-8-5)7(4)10(11)12/h2-3H,1H3. The third-order valence-electron chi connectivity index (χ3n) is 1.79. The molecule has 0 radical (unpaired) electrons. The third-order valence-corrected chi connectivity index (χ3v) is 2.92. The fourth-order valence-electron chi connectivity index (χ4n) is 1.17. The molecule has 1 aromatic carbocycles. The zero-order valence-electron chi connectivity index (χ0n) is 6.72. The second-order valence-electron chi connectivity index (χ2n) is 2.62. The third kappa shape index (κ3) is 1.24. The van der Waals surface area contributed by atoms with Crippen LogP contribution in [-0.4, -0.2) is 27.8 Å². The fraction of sp³-hybridized carbons (Fsp3) is 0.143. The van der Waals surface area contributed by atoms with Crippen LogP contribution in [0.4, 0.5) is 5.69 Å². The minimum absolute atomic E-state index is 0.0978. The Hall–Kier alpha value is -1.26. The van der Waals surface area contributed by atoms with Gasteiger partial charge in [-0.05, 0) is 0 Å². The van der Waals surface area contributed by atoms with Crippen LogP contribution in [0.1, 0.15) is 5.56 Å². The van der Waals surface area contributed by atoms with Gasteiger partial charge in [-0.1, -0.05) is 0 Å². The van der Waals surface area contributed by atoms with Crippen LogP contribution < -0.4 is 0 Å². The van der Waals surface area contributed by atoms with Gasteiger partial charge in [0, 0.05) is 0 Å². The van der Waals surface area contributed by atoms with Crippen molar-refractivity contribution in [1.29, 1.82) is 0 Å². The summed E-state index contributed by atoms with van der Waals surface area (Å²) in [5.74, 6) is 0. The SMILES string of the molecule is Cc1ccc2n[se]nc2c1[N+](=O)[O-]. The normalized spacial score (nSPS) is 10.5. The predicted molar refractivity (Wildman–Crippen MR) is 47.9 cm³/mol. The van der Waals surface area contributed by atoms with Gasteiger partial charge in [0.2, 0.25) is 0 Å². The van der Waals surface area contributed by atoms with Crippen LogP contribution >= 0.6 is 0 Å². The number of nitro benzene ring substituents is 1. The van der Waals surface area contributed by atoms with Gasteiger partial charge in [0.05, 0.1) is 0 Å². The van der Waals surface area contributed by atoms with E-state index in [2.05, 4.69) is 7.96 Å². The van der Waals surface area contributed by atoms with Crippen molar-refractivity contribution >= 4 is 31.7 Å². The van der Waals surface area contributed by atoms with Gasteiger partial charge in [-0.2, -0.15) is 0 Å². The van der Waals surface area contributed by atoms with Gasteiger partial charge in [0.15, 0.2) is 0 Å². The van der Waals surface area contributed by atoms with E-state index in [1.807, 2.05) is 0 Å². The van der Waals surface area contributed by atoms with Crippen molar-refractivity contribution in [2.24, 2.45) is 0 Å². The van der Waals surface area contributed by atoms with Crippen molar-refractivity contribution in [3.63, 3.8) is 0 Å². The van der Waals surface area contributed by atoms with Gasteiger partial charge >= 0.3 is 79.3 Å². The summed E-state index contributed by atoms with van der Waals surface area (Å²) in [6, 6.07) is 3.48. The Balaban J connectivity index is 2.88. The maximum absolute atomic E-state index is 10.7. The number of benzene rings is 1. The van der Waals surface area contributed by atoms with Crippen molar-refractivity contribution in [3.8, 4) is 0 Å². The van der Waals surface area contributed by atoms with Crippen LogP contribution in [0.3, 0.4) is 0 Å². The molecule has 1 aromatic heterocycles. The molecule has 0 atom stereocenters. The minimum atomic E-state index is -0.394. The molecule has 0 saturated carbocycles. The maximum atomic E-state index is 10.7. The summed E-state index contributed by atoms with van der Waals surface area (Å²) in [5.41, 5.74) is 1.84. The molecule has 0 aliphatic carbocycles. The number of fused-ring (bicyclic) bond motifs is 1. The number of aryl methyl sites for hydroxylation is 1. The van der Waals surface area contributed by atoms with E-state index in [0.717, 1.165) is 0 Å². The van der Waals surface area contributed by atoms with Crippen LogP contribution in [0.2, 0.25) is 0 Å². The molecule has 13 heavy (non-hydrogen) atoms. The van der Waals surface area contributed by atoms with E-state index in [9.17, 15) is 10.1 Å². The summed E-state index contributed by atoms with van der Waals surface area (Å²) in [5, 5.41) is 10.7. The van der Waals surface area contributed by atoms with Crippen molar-refractivity contribution in [2.75, 3.05) is 0 Å². The van der Waals surface area contributed by atoms with Gasteiger partial charge in [0.25, 0.3) is 0 Å². The summed E-state index contributed by atoms with van der Waals surface area (Å²) >= 11 is -0.207. The van der Waals surface area contributed by atoms with E-state index in [1.165, 1.54) is 0 Å². The van der Waals surface area contributed by atoms with Gasteiger partial charge in [0.1, 0.15) is 0 Å². The number of aromatic nitrogens is 2. The average Bonchev–Trinajstić information content (AvgIpc) is 2.50. The summed E-state index contributed by atoms with van der Waals surface area (Å²) < 4.78 is 8.11. The molecule has 2 rings (SSSR count). The summed E-state index contributed by atoms with van der Waals surface area (Å²) in [4.78, 5) is 10.3. The molecule has 5 nitrogen and oxygen atoms in total. The molecule has 0 spiro atoms. The number of hydrogen-bond acceptors (Lipinski definition) is 4. The van der Waals surface area contributed by atoms with Crippen LogP contribution in [0.5, 0.6) is 0 Å². The first-order valence-electron chi connectivity index (χ1n) is 3.56. The van der Waals surface area contributed by atoms with Crippen LogP contribution in [0.15, 0.2) is 12.1 Å². The summed E-state index contributed by atoms with van der Waals surface area (Å²) in [7, 11) is 0. The second-order valence-corrected chi connectivity index (χ2v) is 3.73. The molecule has 66 valence electrons. The van der Waals surface area contributed by atoms with E-state index in [-0.39, 0.29) is 20.6 Å². The van der Waals surface area contributed by atoms with Crippen LogP contribution in [0.25, 0.3) is 11.0 Å². The van der Waals surface area contributed by atoms with Gasteiger partial charge < -0.3 is 0 Å². The number of nitro groups is 1. The second kappa shape index (κ2) is 2.90. The fourth-order valence-corrected chi connectivity index (χ4v) is 2.30. The predicted octanol–water partition coefficient (Wildman–Crippen LogP) is 0.903. The van der Waals surface area contributed by atoms with Crippen molar-refractivity contribution in [3.05, 3.63) is 27.8 Å². The molecule has 0 N–H and O–H groups in total. The molecular weight excluding hydrogens is 237 g/mol. The van der Waals surface area contributed by atoms with Crippen LogP contribution in [0, 0.1) is 17.0 Å². The summed E-state index contributed by atoms with van der Waals surface area (Å²) in [6.07, 6.45) is 0. The zero-order valence-corrected chi connectivity index (χ0v) is 8.43. The monoisotopic (exact) mass is 243 g/mol. The first-order chi connectivity index (χ1) is 6.20. The quantitative estimate of drug-likeness (QED) is 0.423. The number of nitrogens with zero attached hydrogens (tertiary/aromatic N) is 3. The molecule has 0 fully saturated rings. The number of hydrogen-bond donors (Lipinski definition) is 0. The Morgan fingerprint density at radius 2 is 2.23 bits per heavy atom. The Morgan fingerprint density at radius 3 is 2.92 bits per heavy atom. The molecule has 1 heterocycles. The summed E-state index contributed by atoms with van der Waals surface area (Å²) in [6.45, 7) is 1.71. The Morgan fingerprint density at radius 1 is 1.46 bits per heavy atom. The number of rotatable bonds is 1. The van der Waals surface area contributed by atoms with Crippen molar-refractivity contribution in [1.82, 2.24) is 7.96 Å². The Kier molecular flexibility index (Phi) is 1.86.